The van der Waals surface area contributed by atoms with Crippen molar-refractivity contribution in [3.8, 4) is 11.4 Å². The molecule has 0 amide bonds. The van der Waals surface area contributed by atoms with E-state index < -0.39 is 5.97 Å². The topological polar surface area (TPSA) is 69.2 Å². The van der Waals surface area contributed by atoms with Crippen LogP contribution in [0.4, 0.5) is 0 Å². The van der Waals surface area contributed by atoms with Gasteiger partial charge in [0.1, 0.15) is 5.82 Å². The number of aromatic amines is 1. The molecule has 2 atom stereocenters. The van der Waals surface area contributed by atoms with Gasteiger partial charge in [0.15, 0.2) is 0 Å². The fourth-order valence-electron chi connectivity index (χ4n) is 3.19. The van der Waals surface area contributed by atoms with Crippen molar-refractivity contribution in [1.29, 1.82) is 0 Å². The van der Waals surface area contributed by atoms with Gasteiger partial charge in [-0.1, -0.05) is 37.3 Å². The highest BCUT2D eigenvalue weighted by Crippen LogP contribution is 2.23. The Kier molecular flexibility index (Phi) is 4.24. The van der Waals surface area contributed by atoms with Crippen molar-refractivity contribution in [2.45, 2.75) is 19.9 Å². The highest BCUT2D eigenvalue weighted by atomic mass is 16.4. The van der Waals surface area contributed by atoms with E-state index in [0.717, 1.165) is 30.0 Å². The maximum atomic E-state index is 11.2. The zero-order chi connectivity index (χ0) is 15.5. The summed E-state index contributed by atoms with van der Waals surface area (Å²) in [6, 6.07) is 10.00. The van der Waals surface area contributed by atoms with Crippen LogP contribution >= 0.6 is 0 Å². The molecule has 1 aromatic heterocycles. The molecule has 1 aromatic carbocycles. The molecule has 0 spiro atoms. The van der Waals surface area contributed by atoms with E-state index in [9.17, 15) is 9.90 Å². The molecule has 5 heteroatoms. The van der Waals surface area contributed by atoms with Crippen LogP contribution in [0.1, 0.15) is 19.0 Å². The number of benzene rings is 1. The first-order chi connectivity index (χ1) is 10.6. The lowest BCUT2D eigenvalue weighted by Gasteiger charge is -2.34. The SMILES string of the molecule is CC1CC(C(=O)O)CN(Cc2cnc(-c3ccccc3)[nH]2)C1. The first-order valence-electron chi connectivity index (χ1n) is 7.66. The van der Waals surface area contributed by atoms with E-state index in [2.05, 4.69) is 21.8 Å². The standard InChI is InChI=1S/C17H21N3O2/c1-12-7-14(17(21)22)10-20(9-12)11-15-8-18-16(19-15)13-5-3-2-4-6-13/h2-6,8,12,14H,7,9-11H2,1H3,(H,18,19)(H,21,22). The number of aliphatic carboxylic acids is 1. The second-order valence-corrected chi connectivity index (χ2v) is 6.19. The molecule has 1 aliphatic heterocycles. The van der Waals surface area contributed by atoms with Crippen molar-refractivity contribution in [2.24, 2.45) is 11.8 Å². The van der Waals surface area contributed by atoms with Crippen LogP contribution in [0.2, 0.25) is 0 Å². The predicted octanol–water partition coefficient (Wildman–Crippen LogP) is 2.62. The van der Waals surface area contributed by atoms with Gasteiger partial charge in [0, 0.05) is 37.1 Å². The van der Waals surface area contributed by atoms with E-state index >= 15 is 0 Å². The molecule has 1 saturated heterocycles. The van der Waals surface area contributed by atoms with Crippen molar-refractivity contribution in [3.63, 3.8) is 0 Å². The third-order valence-electron chi connectivity index (χ3n) is 4.15. The summed E-state index contributed by atoms with van der Waals surface area (Å²) in [6.45, 7) is 4.38. The number of hydrogen-bond donors (Lipinski definition) is 2. The summed E-state index contributed by atoms with van der Waals surface area (Å²) in [5, 5.41) is 9.25. The number of nitrogens with zero attached hydrogens (tertiary/aromatic N) is 2. The lowest BCUT2D eigenvalue weighted by Crippen LogP contribution is -2.42. The molecule has 22 heavy (non-hydrogen) atoms. The number of piperidine rings is 1. The van der Waals surface area contributed by atoms with Gasteiger partial charge in [0.2, 0.25) is 0 Å². The van der Waals surface area contributed by atoms with Gasteiger partial charge in [0.25, 0.3) is 0 Å². The Morgan fingerprint density at radius 3 is 2.86 bits per heavy atom. The lowest BCUT2D eigenvalue weighted by molar-refractivity contribution is -0.144. The Labute approximate surface area is 130 Å². The molecule has 1 fully saturated rings. The molecule has 5 nitrogen and oxygen atoms in total. The van der Waals surface area contributed by atoms with Crippen molar-refractivity contribution in [3.05, 3.63) is 42.2 Å². The van der Waals surface area contributed by atoms with Crippen LogP contribution in [0.5, 0.6) is 0 Å². The first kappa shape index (κ1) is 14.8. The largest absolute Gasteiger partial charge is 0.481 e. The summed E-state index contributed by atoms with van der Waals surface area (Å²) in [4.78, 5) is 21.2. The number of nitrogens with one attached hydrogen (secondary N) is 1. The van der Waals surface area contributed by atoms with E-state index in [1.54, 1.807) is 0 Å². The van der Waals surface area contributed by atoms with Crippen molar-refractivity contribution in [2.75, 3.05) is 13.1 Å². The molecule has 2 N–H and O–H groups in total. The number of likely N-dealkylation sites (tertiary alicyclic amines) is 1. The number of hydrogen-bond acceptors (Lipinski definition) is 3. The smallest absolute Gasteiger partial charge is 0.307 e. The summed E-state index contributed by atoms with van der Waals surface area (Å²) < 4.78 is 0. The third-order valence-corrected chi connectivity index (χ3v) is 4.15. The highest BCUT2D eigenvalue weighted by molar-refractivity contribution is 5.70. The summed E-state index contributed by atoms with van der Waals surface area (Å²) in [5.41, 5.74) is 2.08. The molecule has 0 bridgehead atoms. The van der Waals surface area contributed by atoms with Gasteiger partial charge < -0.3 is 10.1 Å². The Morgan fingerprint density at radius 2 is 2.14 bits per heavy atom. The lowest BCUT2D eigenvalue weighted by atomic mass is 9.90. The molecule has 2 unspecified atom stereocenters. The zero-order valence-corrected chi connectivity index (χ0v) is 12.7. The van der Waals surface area contributed by atoms with Crippen LogP contribution in [-0.2, 0) is 11.3 Å². The van der Waals surface area contributed by atoms with Crippen molar-refractivity contribution < 1.29 is 9.90 Å². The van der Waals surface area contributed by atoms with Crippen molar-refractivity contribution in [1.82, 2.24) is 14.9 Å². The van der Waals surface area contributed by atoms with Crippen molar-refractivity contribution >= 4 is 5.97 Å². The first-order valence-corrected chi connectivity index (χ1v) is 7.66. The molecule has 0 saturated carbocycles. The summed E-state index contributed by atoms with van der Waals surface area (Å²) >= 11 is 0. The van der Waals surface area contributed by atoms with E-state index in [4.69, 9.17) is 0 Å². The van der Waals surface area contributed by atoms with Crippen LogP contribution in [0.15, 0.2) is 36.5 Å². The minimum absolute atomic E-state index is 0.264. The molecule has 0 radical (unpaired) electrons. The fraction of sp³-hybridized carbons (Fsp3) is 0.412. The van der Waals surface area contributed by atoms with Crippen LogP contribution in [0.3, 0.4) is 0 Å². The number of H-pyrrole nitrogens is 1. The Bertz CT molecular complexity index is 638. The second kappa shape index (κ2) is 6.32. The Balaban J connectivity index is 1.68. The minimum atomic E-state index is -0.689. The predicted molar refractivity (Wildman–Crippen MR) is 84.2 cm³/mol. The van der Waals surface area contributed by atoms with Gasteiger partial charge in [-0.3, -0.25) is 9.69 Å². The summed E-state index contributed by atoms with van der Waals surface area (Å²) in [7, 11) is 0. The van der Waals surface area contributed by atoms with Gasteiger partial charge in [-0.25, -0.2) is 4.98 Å². The van der Waals surface area contributed by atoms with Crippen LogP contribution in [0, 0.1) is 11.8 Å². The Morgan fingerprint density at radius 1 is 1.36 bits per heavy atom. The summed E-state index contributed by atoms with van der Waals surface area (Å²) in [5.74, 6) is 0.313. The van der Waals surface area contributed by atoms with E-state index in [0.29, 0.717) is 19.0 Å². The third kappa shape index (κ3) is 3.36. The van der Waals surface area contributed by atoms with E-state index in [1.165, 1.54) is 0 Å². The molecular formula is C17H21N3O2. The average Bonchev–Trinajstić information content (AvgIpc) is 2.96. The minimum Gasteiger partial charge on any atom is -0.481 e. The van der Waals surface area contributed by atoms with Gasteiger partial charge in [-0.15, -0.1) is 0 Å². The number of aromatic nitrogens is 2. The fourth-order valence-corrected chi connectivity index (χ4v) is 3.19. The maximum Gasteiger partial charge on any atom is 0.307 e. The molecule has 0 aliphatic carbocycles. The average molecular weight is 299 g/mol. The molecule has 2 aromatic rings. The number of imidazole rings is 1. The molecule has 3 rings (SSSR count). The Hall–Kier alpha value is -2.14. The molecule has 116 valence electrons. The quantitative estimate of drug-likeness (QED) is 0.910. The highest BCUT2D eigenvalue weighted by Gasteiger charge is 2.29. The number of carboxylic acids is 1. The van der Waals surface area contributed by atoms with Crippen LogP contribution in [-0.4, -0.2) is 39.0 Å². The van der Waals surface area contributed by atoms with Gasteiger partial charge >= 0.3 is 5.97 Å². The monoisotopic (exact) mass is 299 g/mol. The van der Waals surface area contributed by atoms with E-state index in [-0.39, 0.29) is 5.92 Å². The van der Waals surface area contributed by atoms with Gasteiger partial charge in [0.05, 0.1) is 5.92 Å². The zero-order valence-electron chi connectivity index (χ0n) is 12.7. The molecule has 2 heterocycles. The number of carboxylic acid groups (broad SMARTS) is 1. The van der Waals surface area contributed by atoms with Crippen LogP contribution in [0.25, 0.3) is 11.4 Å². The summed E-state index contributed by atoms with van der Waals surface area (Å²) in [6.07, 6.45) is 2.61. The van der Waals surface area contributed by atoms with Crippen LogP contribution < -0.4 is 0 Å². The maximum absolute atomic E-state index is 11.2. The van der Waals surface area contributed by atoms with Gasteiger partial charge in [-0.05, 0) is 12.3 Å². The van der Waals surface area contributed by atoms with Gasteiger partial charge in [-0.2, -0.15) is 0 Å². The van der Waals surface area contributed by atoms with E-state index in [1.807, 2.05) is 36.5 Å². The second-order valence-electron chi connectivity index (χ2n) is 6.19. The molecule has 1 aliphatic rings. The normalized spacial score (nSPS) is 22.6. The number of rotatable bonds is 4. The number of carbonyl (C=O) groups is 1. The molecular weight excluding hydrogens is 278 g/mol.